The van der Waals surface area contributed by atoms with Crippen LogP contribution in [0.2, 0.25) is 15.1 Å². The zero-order valence-corrected chi connectivity index (χ0v) is 13.3. The minimum absolute atomic E-state index is 0.202. The van der Waals surface area contributed by atoms with Crippen LogP contribution in [0, 0.1) is 3.57 Å². The molecule has 92 valence electrons. The monoisotopic (exact) mass is 410 g/mol. The summed E-state index contributed by atoms with van der Waals surface area (Å²) in [5.41, 5.74) is 0.857. The van der Waals surface area contributed by atoms with Crippen molar-refractivity contribution in [3.05, 3.63) is 66.2 Å². The van der Waals surface area contributed by atoms with E-state index in [1.807, 2.05) is 12.1 Å². The molecule has 1 nitrogen and oxygen atoms in total. The first-order valence-electron chi connectivity index (χ1n) is 4.94. The average Bonchev–Trinajstić information content (AvgIpc) is 2.27. The van der Waals surface area contributed by atoms with Crippen molar-refractivity contribution in [2.45, 2.75) is 0 Å². The summed E-state index contributed by atoms with van der Waals surface area (Å²) in [5.74, 6) is -0.202. The van der Waals surface area contributed by atoms with Crippen molar-refractivity contribution in [3.8, 4) is 0 Å². The Hall–Kier alpha value is -0.290. The van der Waals surface area contributed by atoms with Crippen molar-refractivity contribution in [3.63, 3.8) is 0 Å². The predicted octanol–water partition coefficient (Wildman–Crippen LogP) is 5.48. The Morgan fingerprint density at radius 1 is 1.00 bits per heavy atom. The van der Waals surface area contributed by atoms with Gasteiger partial charge in [0, 0.05) is 14.2 Å². The zero-order valence-electron chi connectivity index (χ0n) is 8.88. The zero-order chi connectivity index (χ0) is 13.3. The molecule has 5 heteroatoms. The van der Waals surface area contributed by atoms with Gasteiger partial charge in [-0.2, -0.15) is 0 Å². The lowest BCUT2D eigenvalue weighted by molar-refractivity contribution is 0.103. The van der Waals surface area contributed by atoms with Crippen LogP contribution >= 0.6 is 57.4 Å². The first kappa shape index (κ1) is 14.1. The molecule has 0 heterocycles. The van der Waals surface area contributed by atoms with Gasteiger partial charge in [0.2, 0.25) is 0 Å². The maximum Gasteiger partial charge on any atom is 0.197 e. The quantitative estimate of drug-likeness (QED) is 0.472. The van der Waals surface area contributed by atoms with Crippen LogP contribution in [0.1, 0.15) is 15.9 Å². The lowest BCUT2D eigenvalue weighted by Crippen LogP contribution is -2.05. The molecule has 0 saturated heterocycles. The molecule has 2 aromatic rings. The molecule has 0 amide bonds. The first-order valence-corrected chi connectivity index (χ1v) is 7.15. The molecule has 0 saturated carbocycles. The highest BCUT2D eigenvalue weighted by molar-refractivity contribution is 14.1. The van der Waals surface area contributed by atoms with E-state index in [9.17, 15) is 4.79 Å². The van der Waals surface area contributed by atoms with Gasteiger partial charge < -0.3 is 0 Å². The third kappa shape index (κ3) is 2.82. The third-order valence-corrected chi connectivity index (χ3v) is 4.11. The highest BCUT2D eigenvalue weighted by Crippen LogP contribution is 2.31. The van der Waals surface area contributed by atoms with Gasteiger partial charge in [0.25, 0.3) is 0 Å². The van der Waals surface area contributed by atoms with Crippen molar-refractivity contribution in [1.29, 1.82) is 0 Å². The molecule has 0 aromatic heterocycles. The Morgan fingerprint density at radius 3 is 2.11 bits per heavy atom. The van der Waals surface area contributed by atoms with Gasteiger partial charge in [0.15, 0.2) is 5.78 Å². The van der Waals surface area contributed by atoms with E-state index in [1.54, 1.807) is 12.1 Å². The number of halogens is 4. The molecule has 0 aliphatic rings. The average molecular weight is 411 g/mol. The van der Waals surface area contributed by atoms with E-state index in [-0.39, 0.29) is 21.4 Å². The second-order valence-corrected chi connectivity index (χ2v) is 5.97. The molecule has 0 fully saturated rings. The van der Waals surface area contributed by atoms with Crippen LogP contribution in [-0.2, 0) is 0 Å². The van der Waals surface area contributed by atoms with Gasteiger partial charge in [-0.15, -0.1) is 0 Å². The molecule has 2 aromatic carbocycles. The Kier molecular flexibility index (Phi) is 4.54. The number of carbonyl (C=O) groups excluding carboxylic acids is 1. The standard InChI is InChI=1S/C13H6Cl3IO/c14-7-5-9(15)12(10(16)6-7)13(18)8-3-1-2-4-11(8)17/h1-6H. The lowest BCUT2D eigenvalue weighted by Gasteiger charge is -2.08. The molecule has 0 aliphatic heterocycles. The fourth-order valence-electron chi connectivity index (χ4n) is 1.54. The minimum Gasteiger partial charge on any atom is -0.288 e. The molecule has 0 atom stereocenters. The van der Waals surface area contributed by atoms with Crippen LogP contribution in [0.25, 0.3) is 0 Å². The molecule has 0 unspecified atom stereocenters. The van der Waals surface area contributed by atoms with E-state index in [0.29, 0.717) is 10.6 Å². The highest BCUT2D eigenvalue weighted by atomic mass is 127. The van der Waals surface area contributed by atoms with Gasteiger partial charge in [-0.25, -0.2) is 0 Å². The Bertz CT molecular complexity index is 602. The number of hydrogen-bond acceptors (Lipinski definition) is 1. The summed E-state index contributed by atoms with van der Waals surface area (Å²) < 4.78 is 0.849. The summed E-state index contributed by atoms with van der Waals surface area (Å²) in [6.45, 7) is 0. The number of carbonyl (C=O) groups is 1. The van der Waals surface area contributed by atoms with Crippen LogP contribution < -0.4 is 0 Å². The van der Waals surface area contributed by atoms with Crippen LogP contribution in [-0.4, -0.2) is 5.78 Å². The molecule has 2 rings (SSSR count). The van der Waals surface area contributed by atoms with Crippen LogP contribution in [0.4, 0.5) is 0 Å². The van der Waals surface area contributed by atoms with Gasteiger partial charge in [-0.1, -0.05) is 46.9 Å². The van der Waals surface area contributed by atoms with Crippen LogP contribution in [0.3, 0.4) is 0 Å². The summed E-state index contributed by atoms with van der Waals surface area (Å²) >= 11 is 20.0. The number of ketones is 1. The van der Waals surface area contributed by atoms with Gasteiger partial charge in [-0.05, 0) is 46.9 Å². The molecule has 0 radical (unpaired) electrons. The minimum atomic E-state index is -0.202. The Labute approximate surface area is 133 Å². The van der Waals surface area contributed by atoms with Crippen LogP contribution in [0.5, 0.6) is 0 Å². The van der Waals surface area contributed by atoms with E-state index in [4.69, 9.17) is 34.8 Å². The van der Waals surface area contributed by atoms with E-state index in [0.717, 1.165) is 3.57 Å². The Morgan fingerprint density at radius 2 is 1.56 bits per heavy atom. The normalized spacial score (nSPS) is 10.4. The third-order valence-electron chi connectivity index (χ3n) is 2.35. The van der Waals surface area contributed by atoms with E-state index in [1.165, 1.54) is 12.1 Å². The van der Waals surface area contributed by atoms with Gasteiger partial charge in [-0.3, -0.25) is 4.79 Å². The van der Waals surface area contributed by atoms with Crippen molar-refractivity contribution in [1.82, 2.24) is 0 Å². The molecular formula is C13H6Cl3IO. The fraction of sp³-hybridized carbons (Fsp3) is 0. The molecule has 0 N–H and O–H groups in total. The highest BCUT2D eigenvalue weighted by Gasteiger charge is 2.19. The summed E-state index contributed by atoms with van der Waals surface area (Å²) in [6, 6.07) is 10.3. The van der Waals surface area contributed by atoms with E-state index in [2.05, 4.69) is 22.6 Å². The molecule has 0 bridgehead atoms. The van der Waals surface area contributed by atoms with E-state index < -0.39 is 0 Å². The second kappa shape index (κ2) is 5.78. The van der Waals surface area contributed by atoms with Crippen LogP contribution in [0.15, 0.2) is 36.4 Å². The molecule has 0 spiro atoms. The van der Waals surface area contributed by atoms with Gasteiger partial charge >= 0.3 is 0 Å². The topological polar surface area (TPSA) is 17.1 Å². The van der Waals surface area contributed by atoms with E-state index >= 15 is 0 Å². The van der Waals surface area contributed by atoms with Gasteiger partial charge in [0.1, 0.15) is 0 Å². The smallest absolute Gasteiger partial charge is 0.197 e. The maximum absolute atomic E-state index is 12.4. The second-order valence-electron chi connectivity index (χ2n) is 3.55. The SMILES string of the molecule is O=C(c1ccccc1I)c1c(Cl)cc(Cl)cc1Cl. The summed E-state index contributed by atoms with van der Waals surface area (Å²) in [6.07, 6.45) is 0. The summed E-state index contributed by atoms with van der Waals surface area (Å²) in [7, 11) is 0. The molecule has 18 heavy (non-hydrogen) atoms. The largest absolute Gasteiger partial charge is 0.288 e. The molecule has 0 aliphatic carbocycles. The Balaban J connectivity index is 2.57. The summed E-state index contributed by atoms with van der Waals surface area (Å²) in [5, 5.41) is 0.929. The summed E-state index contributed by atoms with van der Waals surface area (Å²) in [4.78, 5) is 12.4. The predicted molar refractivity (Wildman–Crippen MR) is 84.1 cm³/mol. The van der Waals surface area contributed by atoms with Crippen molar-refractivity contribution in [2.75, 3.05) is 0 Å². The maximum atomic E-state index is 12.4. The van der Waals surface area contributed by atoms with Crippen molar-refractivity contribution in [2.24, 2.45) is 0 Å². The van der Waals surface area contributed by atoms with Crippen molar-refractivity contribution < 1.29 is 4.79 Å². The van der Waals surface area contributed by atoms with Crippen molar-refractivity contribution >= 4 is 63.2 Å². The first-order chi connectivity index (χ1) is 8.50. The number of hydrogen-bond donors (Lipinski definition) is 0. The number of benzene rings is 2. The lowest BCUT2D eigenvalue weighted by atomic mass is 10.0. The fourth-order valence-corrected chi connectivity index (χ4v) is 3.16. The van der Waals surface area contributed by atoms with Gasteiger partial charge in [0.05, 0.1) is 15.6 Å². The number of rotatable bonds is 2. The molecular weight excluding hydrogens is 405 g/mol.